The summed E-state index contributed by atoms with van der Waals surface area (Å²) < 4.78 is 24.4. The topological polar surface area (TPSA) is 42.7 Å². The molecule has 1 aromatic heterocycles. The average Bonchev–Trinajstić information content (AvgIpc) is 3.18. The number of hydrogen-bond acceptors (Lipinski definition) is 3. The van der Waals surface area contributed by atoms with Crippen LogP contribution in [0.5, 0.6) is 5.75 Å². The number of hydrogen-bond donors (Lipinski definition) is 0. The molecule has 1 heterocycles. The number of ether oxygens (including phenoxy) is 1. The number of amides is 1. The summed E-state index contributed by atoms with van der Waals surface area (Å²) in [5, 5.41) is 0.641. The highest BCUT2D eigenvalue weighted by Gasteiger charge is 2.23. The van der Waals surface area contributed by atoms with E-state index in [1.54, 1.807) is 60.6 Å². The number of nitrogens with zero attached hydrogens (tertiary/aromatic N) is 1. The molecule has 0 saturated carbocycles. The van der Waals surface area contributed by atoms with Gasteiger partial charge in [0.25, 0.3) is 5.91 Å². The Hall–Kier alpha value is -2.79. The minimum absolute atomic E-state index is 0.201. The van der Waals surface area contributed by atoms with Crippen molar-refractivity contribution >= 4 is 17.5 Å². The van der Waals surface area contributed by atoms with Gasteiger partial charge in [0, 0.05) is 11.6 Å². The van der Waals surface area contributed by atoms with E-state index in [0.29, 0.717) is 23.1 Å². The lowest BCUT2D eigenvalue weighted by Gasteiger charge is -2.25. The van der Waals surface area contributed by atoms with Gasteiger partial charge < -0.3 is 14.1 Å². The second kappa shape index (κ2) is 8.93. The highest BCUT2D eigenvalue weighted by atomic mass is 35.5. The number of aryl methyl sites for hydroxylation is 1. The van der Waals surface area contributed by atoms with Crippen LogP contribution in [0, 0.1) is 12.7 Å². The zero-order valence-corrected chi connectivity index (χ0v) is 16.4. The Labute approximate surface area is 168 Å². The van der Waals surface area contributed by atoms with Crippen LogP contribution in [0.2, 0.25) is 5.02 Å². The van der Waals surface area contributed by atoms with E-state index in [1.165, 1.54) is 12.1 Å². The molecule has 3 aromatic rings. The zero-order chi connectivity index (χ0) is 20.1. The standard InChI is InChI=1S/C22H21ClFNO3/c1-15-12-19(9-10-21(15)23)28-16(2)22(26)25(14-20-4-3-11-27-20)13-17-5-7-18(24)8-6-17/h3-12,16H,13-14H2,1-2H3/t16-/m1/s1. The van der Waals surface area contributed by atoms with Crippen LogP contribution < -0.4 is 4.74 Å². The van der Waals surface area contributed by atoms with Crippen LogP contribution in [0.15, 0.2) is 65.3 Å². The first-order chi connectivity index (χ1) is 13.4. The minimum atomic E-state index is -0.712. The number of rotatable bonds is 7. The molecular formula is C22H21ClFNO3. The minimum Gasteiger partial charge on any atom is -0.481 e. The van der Waals surface area contributed by atoms with Gasteiger partial charge in [-0.05, 0) is 67.4 Å². The van der Waals surface area contributed by atoms with Crippen molar-refractivity contribution in [3.05, 3.63) is 88.6 Å². The molecule has 0 radical (unpaired) electrons. The van der Waals surface area contributed by atoms with E-state index in [0.717, 1.165) is 11.1 Å². The smallest absolute Gasteiger partial charge is 0.264 e. The molecule has 2 aromatic carbocycles. The van der Waals surface area contributed by atoms with Gasteiger partial charge in [0.2, 0.25) is 0 Å². The molecule has 0 aliphatic carbocycles. The fraction of sp³-hybridized carbons (Fsp3) is 0.227. The van der Waals surface area contributed by atoms with Gasteiger partial charge in [0.15, 0.2) is 6.10 Å². The van der Waals surface area contributed by atoms with Gasteiger partial charge in [0.05, 0.1) is 12.8 Å². The Morgan fingerprint density at radius 3 is 2.57 bits per heavy atom. The molecule has 1 amide bonds. The van der Waals surface area contributed by atoms with Gasteiger partial charge in [-0.3, -0.25) is 4.79 Å². The molecule has 0 saturated heterocycles. The van der Waals surface area contributed by atoms with Crippen molar-refractivity contribution in [1.82, 2.24) is 4.90 Å². The lowest BCUT2D eigenvalue weighted by molar-refractivity contribution is -0.139. The highest BCUT2D eigenvalue weighted by molar-refractivity contribution is 6.31. The number of carbonyl (C=O) groups is 1. The number of halogens is 2. The first kappa shape index (κ1) is 20.0. The fourth-order valence-corrected chi connectivity index (χ4v) is 2.93. The summed E-state index contributed by atoms with van der Waals surface area (Å²) in [6.07, 6.45) is 0.850. The molecule has 4 nitrogen and oxygen atoms in total. The Bertz CT molecular complexity index is 925. The summed E-state index contributed by atoms with van der Waals surface area (Å²) in [6.45, 7) is 4.18. The van der Waals surface area contributed by atoms with E-state index in [4.69, 9.17) is 20.8 Å². The fourth-order valence-electron chi connectivity index (χ4n) is 2.81. The van der Waals surface area contributed by atoms with Crippen molar-refractivity contribution in [1.29, 1.82) is 0 Å². The van der Waals surface area contributed by atoms with E-state index in [1.807, 2.05) is 6.92 Å². The Kier molecular flexibility index (Phi) is 6.37. The second-order valence-corrected chi connectivity index (χ2v) is 6.98. The van der Waals surface area contributed by atoms with E-state index >= 15 is 0 Å². The number of carbonyl (C=O) groups excluding carboxylic acids is 1. The predicted octanol–water partition coefficient (Wildman–Crippen LogP) is 5.38. The van der Waals surface area contributed by atoms with Gasteiger partial charge in [-0.25, -0.2) is 4.39 Å². The Morgan fingerprint density at radius 1 is 1.18 bits per heavy atom. The molecule has 0 fully saturated rings. The van der Waals surface area contributed by atoms with Crippen molar-refractivity contribution in [3.63, 3.8) is 0 Å². The van der Waals surface area contributed by atoms with Crippen LogP contribution in [0.3, 0.4) is 0 Å². The quantitative estimate of drug-likeness (QED) is 0.534. The van der Waals surface area contributed by atoms with Crippen molar-refractivity contribution in [3.8, 4) is 5.75 Å². The Balaban J connectivity index is 1.75. The molecule has 1 atom stereocenters. The van der Waals surface area contributed by atoms with E-state index < -0.39 is 6.10 Å². The maximum Gasteiger partial charge on any atom is 0.264 e. The van der Waals surface area contributed by atoms with Crippen molar-refractivity contribution < 1.29 is 18.3 Å². The first-order valence-electron chi connectivity index (χ1n) is 8.91. The summed E-state index contributed by atoms with van der Waals surface area (Å²) in [4.78, 5) is 14.7. The molecule has 28 heavy (non-hydrogen) atoms. The summed E-state index contributed by atoms with van der Waals surface area (Å²) in [5.74, 6) is 0.711. The maximum absolute atomic E-state index is 13.2. The summed E-state index contributed by atoms with van der Waals surface area (Å²) >= 11 is 6.04. The van der Waals surface area contributed by atoms with Crippen LogP contribution in [0.4, 0.5) is 4.39 Å². The molecule has 6 heteroatoms. The van der Waals surface area contributed by atoms with Crippen LogP contribution in [0.1, 0.15) is 23.8 Å². The third kappa shape index (κ3) is 5.14. The molecule has 3 rings (SSSR count). The van der Waals surface area contributed by atoms with E-state index in [-0.39, 0.29) is 18.3 Å². The van der Waals surface area contributed by atoms with Crippen LogP contribution in [-0.2, 0) is 17.9 Å². The monoisotopic (exact) mass is 401 g/mol. The van der Waals surface area contributed by atoms with Gasteiger partial charge in [0.1, 0.15) is 17.3 Å². The molecular weight excluding hydrogens is 381 g/mol. The van der Waals surface area contributed by atoms with Gasteiger partial charge >= 0.3 is 0 Å². The first-order valence-corrected chi connectivity index (χ1v) is 9.28. The van der Waals surface area contributed by atoms with Crippen molar-refractivity contribution in [2.24, 2.45) is 0 Å². The van der Waals surface area contributed by atoms with Crippen LogP contribution in [0.25, 0.3) is 0 Å². The van der Waals surface area contributed by atoms with Crippen molar-refractivity contribution in [2.45, 2.75) is 33.0 Å². The molecule has 0 N–H and O–H groups in total. The molecule has 0 bridgehead atoms. The van der Waals surface area contributed by atoms with Gasteiger partial charge in [-0.1, -0.05) is 23.7 Å². The largest absolute Gasteiger partial charge is 0.481 e. The zero-order valence-electron chi connectivity index (χ0n) is 15.7. The normalized spacial score (nSPS) is 11.9. The molecule has 0 spiro atoms. The van der Waals surface area contributed by atoms with E-state index in [2.05, 4.69) is 0 Å². The molecule has 0 unspecified atom stereocenters. The average molecular weight is 402 g/mol. The molecule has 0 aliphatic rings. The summed E-state index contributed by atoms with van der Waals surface area (Å²) in [7, 11) is 0. The summed E-state index contributed by atoms with van der Waals surface area (Å²) in [5.41, 5.74) is 1.69. The predicted molar refractivity (Wildman–Crippen MR) is 106 cm³/mol. The van der Waals surface area contributed by atoms with Gasteiger partial charge in [-0.2, -0.15) is 0 Å². The lowest BCUT2D eigenvalue weighted by Crippen LogP contribution is -2.39. The molecule has 146 valence electrons. The molecule has 0 aliphatic heterocycles. The Morgan fingerprint density at radius 2 is 1.93 bits per heavy atom. The number of furan rings is 1. The highest BCUT2D eigenvalue weighted by Crippen LogP contribution is 2.23. The SMILES string of the molecule is Cc1cc(O[C@H](C)C(=O)N(Cc2ccc(F)cc2)Cc2ccco2)ccc1Cl. The second-order valence-electron chi connectivity index (χ2n) is 6.57. The third-order valence-corrected chi connectivity index (χ3v) is 4.74. The van der Waals surface area contributed by atoms with Crippen molar-refractivity contribution in [2.75, 3.05) is 0 Å². The third-order valence-electron chi connectivity index (χ3n) is 4.32. The van der Waals surface area contributed by atoms with E-state index in [9.17, 15) is 9.18 Å². The van der Waals surface area contributed by atoms with Crippen LogP contribution >= 0.6 is 11.6 Å². The number of benzene rings is 2. The van der Waals surface area contributed by atoms with Crippen LogP contribution in [-0.4, -0.2) is 16.9 Å². The van der Waals surface area contributed by atoms with Gasteiger partial charge in [-0.15, -0.1) is 0 Å². The summed E-state index contributed by atoms with van der Waals surface area (Å²) in [6, 6.07) is 14.9. The lowest BCUT2D eigenvalue weighted by atomic mass is 10.2. The maximum atomic E-state index is 13.2.